The summed E-state index contributed by atoms with van der Waals surface area (Å²) in [5.74, 6) is 5.77. The quantitative estimate of drug-likeness (QED) is 0.655. The van der Waals surface area contributed by atoms with Crippen LogP contribution in [0.5, 0.6) is 0 Å². The highest BCUT2D eigenvalue weighted by Gasteiger charge is 2.19. The number of aromatic nitrogens is 3. The topological polar surface area (TPSA) is 68.8 Å². The lowest BCUT2D eigenvalue weighted by molar-refractivity contribution is 0.511. The molecule has 1 heterocycles. The monoisotopic (exact) mass is 287 g/mol. The van der Waals surface area contributed by atoms with Crippen LogP contribution in [-0.2, 0) is 12.0 Å². The number of aryl methyl sites for hydroxylation is 1. The molecule has 114 valence electrons. The Hall–Kier alpha value is -1.72. The van der Waals surface area contributed by atoms with Crippen molar-refractivity contribution < 1.29 is 0 Å². The lowest BCUT2D eigenvalue weighted by atomic mass is 9.86. The molecule has 2 rings (SSSR count). The normalized spacial score (nSPS) is 13.4. The number of hydrogen-bond acceptors (Lipinski definition) is 4. The average molecular weight is 287 g/mol. The number of hydrogen-bond donors (Lipinski definition) is 2. The average Bonchev–Trinajstić information content (AvgIpc) is 2.88. The standard InChI is InChI=1S/C16H25N5/c1-5-10-21-14(11-18-20-21)15(19-17)12-6-8-13(9-7-12)16(2,3)4/h6-9,11,15,19H,5,10,17H2,1-4H3. The van der Waals surface area contributed by atoms with Gasteiger partial charge in [0.15, 0.2) is 0 Å². The summed E-state index contributed by atoms with van der Waals surface area (Å²) in [7, 11) is 0. The largest absolute Gasteiger partial charge is 0.271 e. The molecule has 0 radical (unpaired) electrons. The van der Waals surface area contributed by atoms with Gasteiger partial charge in [-0.1, -0.05) is 57.2 Å². The predicted octanol–water partition coefficient (Wildman–Crippen LogP) is 2.54. The molecule has 21 heavy (non-hydrogen) atoms. The molecule has 0 aliphatic heterocycles. The number of nitrogens with zero attached hydrogens (tertiary/aromatic N) is 3. The summed E-state index contributed by atoms with van der Waals surface area (Å²) in [5.41, 5.74) is 6.44. The summed E-state index contributed by atoms with van der Waals surface area (Å²) in [5, 5.41) is 8.14. The maximum absolute atomic E-state index is 5.77. The van der Waals surface area contributed by atoms with Crippen molar-refractivity contribution in [3.8, 4) is 0 Å². The van der Waals surface area contributed by atoms with Gasteiger partial charge in [0.05, 0.1) is 17.9 Å². The molecule has 0 saturated carbocycles. The summed E-state index contributed by atoms with van der Waals surface area (Å²) in [6.07, 6.45) is 2.79. The summed E-state index contributed by atoms with van der Waals surface area (Å²) in [4.78, 5) is 0. The molecule has 2 aromatic rings. The summed E-state index contributed by atoms with van der Waals surface area (Å²) in [6.45, 7) is 9.59. The van der Waals surface area contributed by atoms with Crippen LogP contribution < -0.4 is 11.3 Å². The lowest BCUT2D eigenvalue weighted by Crippen LogP contribution is -2.30. The highest BCUT2D eigenvalue weighted by molar-refractivity contribution is 5.32. The van der Waals surface area contributed by atoms with E-state index in [2.05, 4.69) is 67.7 Å². The number of nitrogens with two attached hydrogens (primary N) is 1. The molecular formula is C16H25N5. The SMILES string of the molecule is CCCn1nncc1C(NN)c1ccc(C(C)(C)C)cc1. The van der Waals surface area contributed by atoms with Gasteiger partial charge in [-0.05, 0) is 23.0 Å². The van der Waals surface area contributed by atoms with Gasteiger partial charge in [-0.25, -0.2) is 10.1 Å². The third-order valence-electron chi connectivity index (χ3n) is 3.66. The van der Waals surface area contributed by atoms with Crippen LogP contribution in [-0.4, -0.2) is 15.0 Å². The van der Waals surface area contributed by atoms with E-state index in [4.69, 9.17) is 5.84 Å². The molecule has 1 aromatic heterocycles. The van der Waals surface area contributed by atoms with Crippen LogP contribution in [0.15, 0.2) is 30.5 Å². The van der Waals surface area contributed by atoms with E-state index in [0.717, 1.165) is 24.2 Å². The molecule has 0 amide bonds. The zero-order valence-electron chi connectivity index (χ0n) is 13.3. The van der Waals surface area contributed by atoms with Gasteiger partial charge in [-0.3, -0.25) is 5.84 Å². The second kappa shape index (κ2) is 6.37. The smallest absolute Gasteiger partial charge is 0.0894 e. The zero-order chi connectivity index (χ0) is 15.5. The molecule has 1 atom stereocenters. The Balaban J connectivity index is 2.31. The molecule has 1 unspecified atom stereocenters. The van der Waals surface area contributed by atoms with Crippen molar-refractivity contribution in [3.05, 3.63) is 47.3 Å². The third kappa shape index (κ3) is 3.49. The van der Waals surface area contributed by atoms with E-state index >= 15 is 0 Å². The molecule has 0 spiro atoms. The summed E-state index contributed by atoms with van der Waals surface area (Å²) >= 11 is 0. The first-order chi connectivity index (χ1) is 9.97. The number of rotatable bonds is 5. The Morgan fingerprint density at radius 2 is 1.90 bits per heavy atom. The second-order valence-electron chi connectivity index (χ2n) is 6.35. The van der Waals surface area contributed by atoms with Crippen molar-refractivity contribution in [1.82, 2.24) is 20.4 Å². The Bertz CT molecular complexity index is 565. The molecule has 0 bridgehead atoms. The van der Waals surface area contributed by atoms with Crippen LogP contribution in [0.2, 0.25) is 0 Å². The van der Waals surface area contributed by atoms with Gasteiger partial charge in [0.1, 0.15) is 0 Å². The molecule has 3 N–H and O–H groups in total. The first-order valence-electron chi connectivity index (χ1n) is 7.42. The highest BCUT2D eigenvalue weighted by atomic mass is 15.4. The van der Waals surface area contributed by atoms with E-state index in [0.29, 0.717) is 0 Å². The van der Waals surface area contributed by atoms with E-state index in [-0.39, 0.29) is 11.5 Å². The van der Waals surface area contributed by atoms with Gasteiger partial charge in [-0.2, -0.15) is 0 Å². The lowest BCUT2D eigenvalue weighted by Gasteiger charge is -2.21. The third-order valence-corrected chi connectivity index (χ3v) is 3.66. The Kier molecular flexibility index (Phi) is 4.75. The molecule has 0 saturated heterocycles. The van der Waals surface area contributed by atoms with Crippen molar-refractivity contribution in [1.29, 1.82) is 0 Å². The zero-order valence-corrected chi connectivity index (χ0v) is 13.3. The van der Waals surface area contributed by atoms with Crippen molar-refractivity contribution in [3.63, 3.8) is 0 Å². The van der Waals surface area contributed by atoms with Gasteiger partial charge < -0.3 is 0 Å². The van der Waals surface area contributed by atoms with Crippen LogP contribution in [0.1, 0.15) is 57.0 Å². The molecule has 1 aromatic carbocycles. The van der Waals surface area contributed by atoms with Gasteiger partial charge >= 0.3 is 0 Å². The molecule has 0 aliphatic rings. The molecule has 5 heteroatoms. The summed E-state index contributed by atoms with van der Waals surface area (Å²) < 4.78 is 1.90. The molecule has 0 fully saturated rings. The fourth-order valence-corrected chi connectivity index (χ4v) is 2.40. The van der Waals surface area contributed by atoms with Crippen LogP contribution in [0.4, 0.5) is 0 Å². The molecule has 0 aliphatic carbocycles. The Labute approximate surface area is 126 Å². The minimum Gasteiger partial charge on any atom is -0.271 e. The van der Waals surface area contributed by atoms with Crippen LogP contribution in [0.25, 0.3) is 0 Å². The molecule has 5 nitrogen and oxygen atoms in total. The first kappa shape index (κ1) is 15.7. The Morgan fingerprint density at radius 1 is 1.24 bits per heavy atom. The van der Waals surface area contributed by atoms with E-state index in [1.165, 1.54) is 5.56 Å². The predicted molar refractivity (Wildman–Crippen MR) is 84.6 cm³/mol. The van der Waals surface area contributed by atoms with Crippen molar-refractivity contribution in [2.75, 3.05) is 0 Å². The maximum atomic E-state index is 5.77. The highest BCUT2D eigenvalue weighted by Crippen LogP contribution is 2.26. The number of nitrogens with one attached hydrogen (secondary N) is 1. The van der Waals surface area contributed by atoms with Gasteiger partial charge in [0, 0.05) is 6.54 Å². The van der Waals surface area contributed by atoms with Crippen molar-refractivity contribution in [2.45, 2.75) is 52.1 Å². The molecular weight excluding hydrogens is 262 g/mol. The number of hydrazine groups is 1. The van der Waals surface area contributed by atoms with Gasteiger partial charge in [0.25, 0.3) is 0 Å². The second-order valence-corrected chi connectivity index (χ2v) is 6.35. The fraction of sp³-hybridized carbons (Fsp3) is 0.500. The van der Waals surface area contributed by atoms with E-state index in [1.54, 1.807) is 6.20 Å². The van der Waals surface area contributed by atoms with E-state index < -0.39 is 0 Å². The minimum absolute atomic E-state index is 0.0967. The number of benzene rings is 1. The van der Waals surface area contributed by atoms with Gasteiger partial charge in [0.2, 0.25) is 0 Å². The Morgan fingerprint density at radius 3 is 2.43 bits per heavy atom. The van der Waals surface area contributed by atoms with E-state index in [9.17, 15) is 0 Å². The van der Waals surface area contributed by atoms with E-state index in [1.807, 2.05) is 4.68 Å². The summed E-state index contributed by atoms with van der Waals surface area (Å²) in [6, 6.07) is 8.46. The first-order valence-corrected chi connectivity index (χ1v) is 7.42. The van der Waals surface area contributed by atoms with Crippen LogP contribution in [0, 0.1) is 0 Å². The van der Waals surface area contributed by atoms with Gasteiger partial charge in [-0.15, -0.1) is 5.10 Å². The minimum atomic E-state index is -0.0967. The maximum Gasteiger partial charge on any atom is 0.0894 e. The van der Waals surface area contributed by atoms with Crippen LogP contribution >= 0.6 is 0 Å². The fourth-order valence-electron chi connectivity index (χ4n) is 2.40. The van der Waals surface area contributed by atoms with Crippen molar-refractivity contribution in [2.24, 2.45) is 5.84 Å². The van der Waals surface area contributed by atoms with Crippen molar-refractivity contribution >= 4 is 0 Å². The van der Waals surface area contributed by atoms with Crippen LogP contribution in [0.3, 0.4) is 0 Å².